The molecule has 2 aromatic carbocycles. The third-order valence-corrected chi connectivity index (χ3v) is 4.24. The summed E-state index contributed by atoms with van der Waals surface area (Å²) in [6.45, 7) is 1.88. The quantitative estimate of drug-likeness (QED) is 0.653. The number of rotatable bonds is 6. The molecule has 0 bridgehead atoms. The standard InChI is InChI=1S/C20H19F3N2O3/c1-12(26)24-10-9-16-17-11-15(27-2)7-8-18(17)25-19(16)13-3-5-14(6-4-13)28-20(21,22)23/h3-8,11,25H,9-10H2,1-2H3,(H,24,26). The molecular formula is C20H19F3N2O3. The molecule has 2 N–H and O–H groups in total. The van der Waals surface area contributed by atoms with Gasteiger partial charge >= 0.3 is 6.36 Å². The van der Waals surface area contributed by atoms with Gasteiger partial charge in [0.25, 0.3) is 0 Å². The van der Waals surface area contributed by atoms with Gasteiger partial charge in [-0.15, -0.1) is 13.2 Å². The summed E-state index contributed by atoms with van der Waals surface area (Å²) in [5.41, 5.74) is 3.28. The van der Waals surface area contributed by atoms with Crippen molar-refractivity contribution in [1.82, 2.24) is 10.3 Å². The summed E-state index contributed by atoms with van der Waals surface area (Å²) in [5, 5.41) is 3.69. The Labute approximate surface area is 159 Å². The summed E-state index contributed by atoms with van der Waals surface area (Å²) < 4.78 is 46.3. The van der Waals surface area contributed by atoms with Crippen molar-refractivity contribution in [3.63, 3.8) is 0 Å². The monoisotopic (exact) mass is 392 g/mol. The first-order valence-corrected chi connectivity index (χ1v) is 8.56. The van der Waals surface area contributed by atoms with Crippen LogP contribution in [-0.2, 0) is 11.2 Å². The molecule has 1 amide bonds. The Morgan fingerprint density at radius 1 is 1.11 bits per heavy atom. The van der Waals surface area contributed by atoms with Gasteiger partial charge in [0.15, 0.2) is 0 Å². The van der Waals surface area contributed by atoms with Crippen molar-refractivity contribution >= 4 is 16.8 Å². The molecule has 3 aromatic rings. The van der Waals surface area contributed by atoms with Crippen LogP contribution in [0.1, 0.15) is 12.5 Å². The lowest BCUT2D eigenvalue weighted by molar-refractivity contribution is -0.274. The molecule has 0 aliphatic heterocycles. The number of H-pyrrole nitrogens is 1. The molecular weight excluding hydrogens is 373 g/mol. The predicted molar refractivity (Wildman–Crippen MR) is 99.4 cm³/mol. The largest absolute Gasteiger partial charge is 0.573 e. The number of hydrogen-bond donors (Lipinski definition) is 2. The highest BCUT2D eigenvalue weighted by Gasteiger charge is 2.31. The number of halogens is 3. The van der Waals surface area contributed by atoms with E-state index < -0.39 is 6.36 Å². The number of ether oxygens (including phenoxy) is 2. The van der Waals surface area contributed by atoms with Crippen molar-refractivity contribution in [3.05, 3.63) is 48.0 Å². The normalized spacial score (nSPS) is 11.5. The van der Waals surface area contributed by atoms with Gasteiger partial charge in [-0.05, 0) is 60.0 Å². The second-order valence-corrected chi connectivity index (χ2v) is 6.20. The van der Waals surface area contributed by atoms with Gasteiger partial charge < -0.3 is 19.8 Å². The van der Waals surface area contributed by atoms with Gasteiger partial charge in [-0.25, -0.2) is 0 Å². The van der Waals surface area contributed by atoms with E-state index in [1.807, 2.05) is 18.2 Å². The van der Waals surface area contributed by atoms with Crippen LogP contribution in [0.25, 0.3) is 22.2 Å². The van der Waals surface area contributed by atoms with E-state index in [2.05, 4.69) is 15.0 Å². The molecule has 0 radical (unpaired) electrons. The smallest absolute Gasteiger partial charge is 0.497 e. The molecule has 1 heterocycles. The fourth-order valence-electron chi connectivity index (χ4n) is 3.05. The third kappa shape index (κ3) is 4.57. The molecule has 8 heteroatoms. The van der Waals surface area contributed by atoms with Crippen molar-refractivity contribution in [2.75, 3.05) is 13.7 Å². The van der Waals surface area contributed by atoms with Gasteiger partial charge in [-0.1, -0.05) is 0 Å². The van der Waals surface area contributed by atoms with Crippen LogP contribution in [0.15, 0.2) is 42.5 Å². The molecule has 0 spiro atoms. The number of aromatic nitrogens is 1. The number of hydrogen-bond acceptors (Lipinski definition) is 3. The molecule has 0 saturated carbocycles. The maximum Gasteiger partial charge on any atom is 0.573 e. The molecule has 0 atom stereocenters. The van der Waals surface area contributed by atoms with Crippen LogP contribution < -0.4 is 14.8 Å². The molecule has 0 aliphatic carbocycles. The van der Waals surface area contributed by atoms with Crippen molar-refractivity contribution < 1.29 is 27.4 Å². The maximum absolute atomic E-state index is 12.4. The number of amides is 1. The summed E-state index contributed by atoms with van der Waals surface area (Å²) in [7, 11) is 1.57. The fourth-order valence-corrected chi connectivity index (χ4v) is 3.05. The number of alkyl halides is 3. The van der Waals surface area contributed by atoms with E-state index in [-0.39, 0.29) is 11.7 Å². The molecule has 1 aromatic heterocycles. The molecule has 0 saturated heterocycles. The van der Waals surface area contributed by atoms with Crippen LogP contribution in [-0.4, -0.2) is 30.9 Å². The Hall–Kier alpha value is -3.16. The van der Waals surface area contributed by atoms with E-state index in [4.69, 9.17) is 4.74 Å². The zero-order valence-electron chi connectivity index (χ0n) is 15.3. The lowest BCUT2D eigenvalue weighted by Crippen LogP contribution is -2.22. The van der Waals surface area contributed by atoms with Crippen LogP contribution in [0.2, 0.25) is 0 Å². The molecule has 148 valence electrons. The Kier molecular flexibility index (Phi) is 5.48. The van der Waals surface area contributed by atoms with E-state index in [1.165, 1.54) is 19.1 Å². The number of aromatic amines is 1. The van der Waals surface area contributed by atoms with E-state index in [0.29, 0.717) is 24.3 Å². The fraction of sp³-hybridized carbons (Fsp3) is 0.250. The number of fused-ring (bicyclic) bond motifs is 1. The SMILES string of the molecule is COc1ccc2[nH]c(-c3ccc(OC(F)(F)F)cc3)c(CCNC(C)=O)c2c1. The minimum absolute atomic E-state index is 0.132. The Morgan fingerprint density at radius 3 is 2.39 bits per heavy atom. The van der Waals surface area contributed by atoms with Gasteiger partial charge in [-0.3, -0.25) is 4.79 Å². The molecule has 5 nitrogen and oxygen atoms in total. The lowest BCUT2D eigenvalue weighted by Gasteiger charge is -2.10. The lowest BCUT2D eigenvalue weighted by atomic mass is 10.0. The number of benzene rings is 2. The summed E-state index contributed by atoms with van der Waals surface area (Å²) in [4.78, 5) is 14.5. The van der Waals surface area contributed by atoms with Crippen LogP contribution >= 0.6 is 0 Å². The molecule has 0 unspecified atom stereocenters. The van der Waals surface area contributed by atoms with Crippen LogP contribution in [0, 0.1) is 0 Å². The summed E-state index contributed by atoms with van der Waals surface area (Å²) in [5.74, 6) is 0.272. The molecule has 0 aliphatic rings. The number of methoxy groups -OCH3 is 1. The third-order valence-electron chi connectivity index (χ3n) is 4.24. The Balaban J connectivity index is 1.99. The first-order chi connectivity index (χ1) is 13.3. The zero-order valence-corrected chi connectivity index (χ0v) is 15.3. The zero-order chi connectivity index (χ0) is 20.3. The summed E-state index contributed by atoms with van der Waals surface area (Å²) in [6, 6.07) is 11.2. The maximum atomic E-state index is 12.4. The molecule has 0 fully saturated rings. The number of carbonyl (C=O) groups is 1. The van der Waals surface area contributed by atoms with Crippen LogP contribution in [0.5, 0.6) is 11.5 Å². The van der Waals surface area contributed by atoms with E-state index in [1.54, 1.807) is 19.2 Å². The highest BCUT2D eigenvalue weighted by molar-refractivity contribution is 5.92. The summed E-state index contributed by atoms with van der Waals surface area (Å²) in [6.07, 6.45) is -4.19. The van der Waals surface area contributed by atoms with Gasteiger partial charge in [0.1, 0.15) is 11.5 Å². The predicted octanol–water partition coefficient (Wildman–Crippen LogP) is 4.42. The Morgan fingerprint density at radius 2 is 1.79 bits per heavy atom. The average molecular weight is 392 g/mol. The second-order valence-electron chi connectivity index (χ2n) is 6.20. The van der Waals surface area contributed by atoms with E-state index in [9.17, 15) is 18.0 Å². The van der Waals surface area contributed by atoms with Crippen molar-refractivity contribution in [2.24, 2.45) is 0 Å². The first kappa shape index (κ1) is 19.6. The van der Waals surface area contributed by atoms with Crippen molar-refractivity contribution in [3.8, 4) is 22.8 Å². The van der Waals surface area contributed by atoms with E-state index >= 15 is 0 Å². The van der Waals surface area contributed by atoms with Crippen LogP contribution in [0.4, 0.5) is 13.2 Å². The Bertz CT molecular complexity index is 979. The van der Waals surface area contributed by atoms with Gasteiger partial charge in [0.2, 0.25) is 5.91 Å². The molecule has 3 rings (SSSR count). The van der Waals surface area contributed by atoms with Crippen molar-refractivity contribution in [2.45, 2.75) is 19.7 Å². The first-order valence-electron chi connectivity index (χ1n) is 8.56. The number of carbonyl (C=O) groups excluding carboxylic acids is 1. The molecule has 28 heavy (non-hydrogen) atoms. The number of nitrogens with one attached hydrogen (secondary N) is 2. The minimum atomic E-state index is -4.73. The second kappa shape index (κ2) is 7.84. The van der Waals surface area contributed by atoms with Gasteiger partial charge in [0.05, 0.1) is 7.11 Å². The highest BCUT2D eigenvalue weighted by Crippen LogP contribution is 2.34. The topological polar surface area (TPSA) is 63.4 Å². The summed E-state index contributed by atoms with van der Waals surface area (Å²) >= 11 is 0. The van der Waals surface area contributed by atoms with Crippen molar-refractivity contribution in [1.29, 1.82) is 0 Å². The minimum Gasteiger partial charge on any atom is -0.497 e. The van der Waals surface area contributed by atoms with Gasteiger partial charge in [0, 0.05) is 30.1 Å². The average Bonchev–Trinajstić information content (AvgIpc) is 2.98. The van der Waals surface area contributed by atoms with Crippen LogP contribution in [0.3, 0.4) is 0 Å². The van der Waals surface area contributed by atoms with E-state index in [0.717, 1.165) is 22.2 Å². The van der Waals surface area contributed by atoms with Gasteiger partial charge in [-0.2, -0.15) is 0 Å². The highest BCUT2D eigenvalue weighted by atomic mass is 19.4.